The average molecular weight is 269 g/mol. The normalized spacial score (nSPS) is 19.6. The van der Waals surface area contributed by atoms with E-state index in [1.54, 1.807) is 0 Å². The van der Waals surface area contributed by atoms with Crippen molar-refractivity contribution in [3.8, 4) is 0 Å². The summed E-state index contributed by atoms with van der Waals surface area (Å²) in [6, 6.07) is 1.43. The van der Waals surface area contributed by atoms with E-state index in [2.05, 4.69) is 23.7 Å². The summed E-state index contributed by atoms with van der Waals surface area (Å²) in [4.78, 5) is 17.3. The lowest BCUT2D eigenvalue weighted by molar-refractivity contribution is 0.0697. The van der Waals surface area contributed by atoms with Gasteiger partial charge >= 0.3 is 5.97 Å². The van der Waals surface area contributed by atoms with Gasteiger partial charge in [-0.25, -0.2) is 9.78 Å². The van der Waals surface area contributed by atoms with Gasteiger partial charge in [0.2, 0.25) is 0 Å². The van der Waals surface area contributed by atoms with E-state index in [1.807, 2.05) is 0 Å². The molecule has 0 saturated carbocycles. The topological polar surface area (TPSA) is 53.4 Å². The lowest BCUT2D eigenvalue weighted by Crippen LogP contribution is -2.23. The number of hydrogen-bond acceptors (Lipinski definition) is 3. The highest BCUT2D eigenvalue weighted by molar-refractivity contribution is 6.35. The highest BCUT2D eigenvalue weighted by atomic mass is 35.5. The molecular weight excluding hydrogens is 252 g/mol. The number of carboxylic acids is 1. The fourth-order valence-corrected chi connectivity index (χ4v) is 2.65. The molecule has 0 spiro atoms. The Balaban J connectivity index is 2.25. The molecule has 98 valence electrons. The smallest absolute Gasteiger partial charge is 0.337 e. The minimum atomic E-state index is -1.01. The van der Waals surface area contributed by atoms with Crippen LogP contribution >= 0.6 is 11.6 Å². The van der Waals surface area contributed by atoms with Crippen molar-refractivity contribution in [3.05, 3.63) is 22.8 Å². The zero-order valence-corrected chi connectivity index (χ0v) is 11.3. The maximum absolute atomic E-state index is 11.0. The molecule has 18 heavy (non-hydrogen) atoms. The predicted octanol–water partition coefficient (Wildman–Crippen LogP) is 2.92. The van der Waals surface area contributed by atoms with Crippen LogP contribution in [-0.2, 0) is 0 Å². The SMILES string of the molecule is CC(C)C1CCN(c2nccc(C(=O)O)c2Cl)C1. The van der Waals surface area contributed by atoms with Crippen molar-refractivity contribution in [2.24, 2.45) is 11.8 Å². The molecule has 2 rings (SSSR count). The molecule has 0 aromatic carbocycles. The molecule has 1 unspecified atom stereocenters. The van der Waals surface area contributed by atoms with Gasteiger partial charge in [0.1, 0.15) is 5.82 Å². The molecule has 4 nitrogen and oxygen atoms in total. The summed E-state index contributed by atoms with van der Waals surface area (Å²) in [6.07, 6.45) is 2.61. The summed E-state index contributed by atoms with van der Waals surface area (Å²) in [6.45, 7) is 6.19. The minimum absolute atomic E-state index is 0.120. The Labute approximate surface area is 112 Å². The summed E-state index contributed by atoms with van der Waals surface area (Å²) in [5, 5.41) is 9.29. The third-order valence-corrected chi connectivity index (χ3v) is 3.94. The molecule has 1 aliphatic heterocycles. The zero-order valence-electron chi connectivity index (χ0n) is 10.6. The molecular formula is C13H17ClN2O2. The van der Waals surface area contributed by atoms with Crippen LogP contribution in [0.4, 0.5) is 5.82 Å². The van der Waals surface area contributed by atoms with Crippen LogP contribution in [0.1, 0.15) is 30.6 Å². The number of anilines is 1. The van der Waals surface area contributed by atoms with Gasteiger partial charge in [-0.15, -0.1) is 0 Å². The Morgan fingerprint density at radius 3 is 2.89 bits per heavy atom. The molecule has 1 aliphatic rings. The van der Waals surface area contributed by atoms with Gasteiger partial charge in [-0.05, 0) is 24.3 Å². The fourth-order valence-electron chi connectivity index (χ4n) is 2.34. The molecule has 0 radical (unpaired) electrons. The minimum Gasteiger partial charge on any atom is -0.478 e. The van der Waals surface area contributed by atoms with Crippen molar-refractivity contribution in [1.29, 1.82) is 0 Å². The number of nitrogens with zero attached hydrogens (tertiary/aromatic N) is 2. The standard InChI is InChI=1S/C13H17ClN2O2/c1-8(2)9-4-6-16(7-9)12-11(14)10(13(17)18)3-5-15-12/h3,5,8-9H,4,6-7H2,1-2H3,(H,17,18). The Morgan fingerprint density at radius 2 is 2.33 bits per heavy atom. The van der Waals surface area contributed by atoms with Gasteiger partial charge in [0.15, 0.2) is 0 Å². The van der Waals surface area contributed by atoms with Crippen LogP contribution in [0.25, 0.3) is 0 Å². The monoisotopic (exact) mass is 268 g/mol. The second-order valence-electron chi connectivity index (χ2n) is 5.04. The second kappa shape index (κ2) is 5.14. The lowest BCUT2D eigenvalue weighted by atomic mass is 9.95. The van der Waals surface area contributed by atoms with Crippen molar-refractivity contribution < 1.29 is 9.90 Å². The maximum atomic E-state index is 11.0. The van der Waals surface area contributed by atoms with Crippen molar-refractivity contribution in [2.45, 2.75) is 20.3 Å². The quantitative estimate of drug-likeness (QED) is 0.916. The number of carboxylic acid groups (broad SMARTS) is 1. The summed E-state index contributed by atoms with van der Waals surface area (Å²) < 4.78 is 0. The highest BCUT2D eigenvalue weighted by Crippen LogP contribution is 2.32. The number of rotatable bonds is 3. The Hall–Kier alpha value is -1.29. The molecule has 1 N–H and O–H groups in total. The van der Waals surface area contributed by atoms with Gasteiger partial charge in [0.05, 0.1) is 10.6 Å². The molecule has 1 aromatic rings. The Bertz CT molecular complexity index is 462. The van der Waals surface area contributed by atoms with E-state index in [9.17, 15) is 4.79 Å². The van der Waals surface area contributed by atoms with Crippen molar-refractivity contribution in [3.63, 3.8) is 0 Å². The zero-order chi connectivity index (χ0) is 13.3. The van der Waals surface area contributed by atoms with Crippen LogP contribution in [0.5, 0.6) is 0 Å². The number of carbonyl (C=O) groups is 1. The Morgan fingerprint density at radius 1 is 1.61 bits per heavy atom. The van der Waals surface area contributed by atoms with E-state index in [1.165, 1.54) is 12.3 Å². The largest absolute Gasteiger partial charge is 0.478 e. The molecule has 1 aromatic heterocycles. The van der Waals surface area contributed by atoms with Gasteiger partial charge in [-0.3, -0.25) is 0 Å². The molecule has 0 bridgehead atoms. The molecule has 2 heterocycles. The number of aromatic carboxylic acids is 1. The van der Waals surface area contributed by atoms with Gasteiger partial charge in [-0.1, -0.05) is 25.4 Å². The van der Waals surface area contributed by atoms with E-state index in [-0.39, 0.29) is 10.6 Å². The van der Waals surface area contributed by atoms with Crippen molar-refractivity contribution in [1.82, 2.24) is 4.98 Å². The van der Waals surface area contributed by atoms with Crippen LogP contribution in [0.3, 0.4) is 0 Å². The van der Waals surface area contributed by atoms with Crippen molar-refractivity contribution >= 4 is 23.4 Å². The third-order valence-electron chi connectivity index (χ3n) is 3.57. The average Bonchev–Trinajstić information content (AvgIpc) is 2.78. The molecule has 1 atom stereocenters. The third kappa shape index (κ3) is 2.43. The van der Waals surface area contributed by atoms with E-state index < -0.39 is 5.97 Å². The maximum Gasteiger partial charge on any atom is 0.337 e. The predicted molar refractivity (Wildman–Crippen MR) is 71.4 cm³/mol. The molecule has 5 heteroatoms. The molecule has 1 fully saturated rings. The first-order valence-electron chi connectivity index (χ1n) is 6.13. The Kier molecular flexibility index (Phi) is 3.76. The lowest BCUT2D eigenvalue weighted by Gasteiger charge is -2.20. The van der Waals surface area contributed by atoms with E-state index in [0.29, 0.717) is 17.7 Å². The molecule has 0 aliphatic carbocycles. The summed E-state index contributed by atoms with van der Waals surface area (Å²) >= 11 is 6.13. The summed E-state index contributed by atoms with van der Waals surface area (Å²) in [5.74, 6) is 0.829. The van der Waals surface area contributed by atoms with Gasteiger partial charge < -0.3 is 10.0 Å². The van der Waals surface area contributed by atoms with Crippen molar-refractivity contribution in [2.75, 3.05) is 18.0 Å². The fraction of sp³-hybridized carbons (Fsp3) is 0.538. The van der Waals surface area contributed by atoms with Crippen LogP contribution in [0, 0.1) is 11.8 Å². The second-order valence-corrected chi connectivity index (χ2v) is 5.42. The number of pyridine rings is 1. The molecule has 0 amide bonds. The number of hydrogen-bond donors (Lipinski definition) is 1. The van der Waals surface area contributed by atoms with E-state index in [4.69, 9.17) is 16.7 Å². The summed E-state index contributed by atoms with van der Waals surface area (Å²) in [5.41, 5.74) is 0.120. The first-order valence-corrected chi connectivity index (χ1v) is 6.51. The number of aromatic nitrogens is 1. The van der Waals surface area contributed by atoms with Crippen LogP contribution < -0.4 is 4.90 Å². The first-order chi connectivity index (χ1) is 8.50. The number of halogens is 1. The van der Waals surface area contributed by atoms with E-state index >= 15 is 0 Å². The first kappa shape index (κ1) is 13.1. The highest BCUT2D eigenvalue weighted by Gasteiger charge is 2.28. The molecule has 1 saturated heterocycles. The van der Waals surface area contributed by atoms with Crippen LogP contribution in [0.2, 0.25) is 5.02 Å². The van der Waals surface area contributed by atoms with Gasteiger partial charge in [-0.2, -0.15) is 0 Å². The van der Waals surface area contributed by atoms with Gasteiger partial charge in [0, 0.05) is 19.3 Å². The van der Waals surface area contributed by atoms with Crippen LogP contribution in [0.15, 0.2) is 12.3 Å². The summed E-state index contributed by atoms with van der Waals surface area (Å²) in [7, 11) is 0. The van der Waals surface area contributed by atoms with E-state index in [0.717, 1.165) is 19.5 Å². The van der Waals surface area contributed by atoms with Gasteiger partial charge in [0.25, 0.3) is 0 Å². The van der Waals surface area contributed by atoms with Crippen LogP contribution in [-0.4, -0.2) is 29.1 Å².